The summed E-state index contributed by atoms with van der Waals surface area (Å²) in [4.78, 5) is 0. The highest BCUT2D eigenvalue weighted by molar-refractivity contribution is 8.02. The van der Waals surface area contributed by atoms with Crippen molar-refractivity contribution in [2.75, 3.05) is 12.0 Å². The van der Waals surface area contributed by atoms with Crippen LogP contribution in [0.2, 0.25) is 0 Å². The molecule has 0 bridgehead atoms. The lowest BCUT2D eigenvalue weighted by Crippen LogP contribution is -1.87. The van der Waals surface area contributed by atoms with E-state index in [9.17, 15) is 0 Å². The Morgan fingerprint density at radius 1 is 1.12 bits per heavy atom. The predicted molar refractivity (Wildman–Crippen MR) is 72.6 cm³/mol. The summed E-state index contributed by atoms with van der Waals surface area (Å²) in [6.45, 7) is 0. The molecule has 0 unspecified atom stereocenters. The predicted octanol–water partition coefficient (Wildman–Crippen LogP) is 3.59. The first-order chi connectivity index (χ1) is 7.88. The highest BCUT2D eigenvalue weighted by Gasteiger charge is 2.03. The molecule has 0 aliphatic heterocycles. The van der Waals surface area contributed by atoms with Gasteiger partial charge in [-0.2, -0.15) is 0 Å². The van der Waals surface area contributed by atoms with Crippen LogP contribution in [0.4, 0.5) is 0 Å². The van der Waals surface area contributed by atoms with Crippen LogP contribution >= 0.6 is 34.9 Å². The fraction of sp³-hybridized carbons (Fsp3) is 0.273. The quantitative estimate of drug-likeness (QED) is 0.774. The van der Waals surface area contributed by atoms with Crippen LogP contribution in [0.25, 0.3) is 0 Å². The average Bonchev–Trinajstić information content (AvgIpc) is 2.78. The number of benzene rings is 1. The zero-order valence-corrected chi connectivity index (χ0v) is 11.4. The largest absolute Gasteiger partial charge is 0.175 e. The summed E-state index contributed by atoms with van der Waals surface area (Å²) in [5, 5.41) is 8.20. The second kappa shape index (κ2) is 6.27. The normalized spacial score (nSPS) is 10.6. The number of hydrogen-bond donors (Lipinski definition) is 0. The molecule has 0 aliphatic carbocycles. The van der Waals surface area contributed by atoms with Gasteiger partial charge in [0.2, 0.25) is 0 Å². The minimum Gasteiger partial charge on any atom is -0.131 e. The lowest BCUT2D eigenvalue weighted by molar-refractivity contribution is 0.954. The van der Waals surface area contributed by atoms with Crippen LogP contribution in [0.1, 0.15) is 5.56 Å². The molecule has 2 aromatic rings. The summed E-state index contributed by atoms with van der Waals surface area (Å²) in [5.74, 6) is 1.06. The van der Waals surface area contributed by atoms with Gasteiger partial charge in [-0.05, 0) is 18.2 Å². The molecule has 0 saturated carbocycles. The van der Waals surface area contributed by atoms with Gasteiger partial charge < -0.3 is 0 Å². The first-order valence-corrected chi connectivity index (χ1v) is 7.95. The number of rotatable bonds is 5. The van der Waals surface area contributed by atoms with Gasteiger partial charge in [-0.25, -0.2) is 0 Å². The molecule has 1 aromatic carbocycles. The van der Waals surface area contributed by atoms with Gasteiger partial charge in [0.1, 0.15) is 0 Å². The van der Waals surface area contributed by atoms with Crippen molar-refractivity contribution in [3.63, 3.8) is 0 Å². The number of hydrogen-bond acceptors (Lipinski definition) is 5. The third kappa shape index (κ3) is 3.50. The molecule has 0 fully saturated rings. The number of thioether (sulfide) groups is 2. The van der Waals surface area contributed by atoms with Gasteiger partial charge in [-0.1, -0.05) is 65.2 Å². The van der Waals surface area contributed by atoms with E-state index in [0.29, 0.717) is 0 Å². The summed E-state index contributed by atoms with van der Waals surface area (Å²) in [7, 11) is 0. The fourth-order valence-corrected chi connectivity index (χ4v) is 3.74. The molecular weight excluding hydrogens is 256 g/mol. The van der Waals surface area contributed by atoms with Crippen molar-refractivity contribution in [3.05, 3.63) is 35.9 Å². The smallest absolute Gasteiger partial charge is 0.131 e. The second-order valence-corrected chi connectivity index (χ2v) is 6.49. The Balaban J connectivity index is 1.80. The minimum absolute atomic E-state index is 1.04. The average molecular weight is 268 g/mol. The van der Waals surface area contributed by atoms with Crippen LogP contribution in [0.3, 0.4) is 0 Å². The van der Waals surface area contributed by atoms with Gasteiger partial charge >= 0.3 is 0 Å². The standard InChI is InChI=1S/C11H12N2S3/c1-14-10-12-13-11(16-10)15-8-7-9-5-3-2-4-6-9/h2-6H,7-8H2,1H3. The lowest BCUT2D eigenvalue weighted by atomic mass is 10.2. The van der Waals surface area contributed by atoms with E-state index in [2.05, 4.69) is 34.5 Å². The Bertz CT molecular complexity index is 428. The maximum absolute atomic E-state index is 4.13. The van der Waals surface area contributed by atoms with Gasteiger partial charge in [0.15, 0.2) is 8.68 Å². The summed E-state index contributed by atoms with van der Waals surface area (Å²) in [6, 6.07) is 10.5. The fourth-order valence-electron chi connectivity index (χ4n) is 1.24. The second-order valence-electron chi connectivity index (χ2n) is 3.12. The van der Waals surface area contributed by atoms with Crippen LogP contribution in [-0.2, 0) is 6.42 Å². The molecule has 2 rings (SSSR count). The number of aryl methyl sites for hydroxylation is 1. The summed E-state index contributed by atoms with van der Waals surface area (Å²) in [6.07, 6.45) is 3.11. The van der Waals surface area contributed by atoms with E-state index in [1.807, 2.05) is 12.3 Å². The third-order valence-electron chi connectivity index (χ3n) is 2.02. The van der Waals surface area contributed by atoms with E-state index in [-0.39, 0.29) is 0 Å². The minimum atomic E-state index is 1.04. The SMILES string of the molecule is CSc1nnc(SCCc2ccccc2)s1. The maximum atomic E-state index is 4.13. The molecule has 84 valence electrons. The molecule has 2 nitrogen and oxygen atoms in total. The van der Waals surface area contributed by atoms with Crippen molar-refractivity contribution < 1.29 is 0 Å². The van der Waals surface area contributed by atoms with Crippen molar-refractivity contribution in [1.82, 2.24) is 10.2 Å². The molecule has 0 atom stereocenters. The molecular formula is C11H12N2S3. The Morgan fingerprint density at radius 3 is 2.56 bits per heavy atom. The number of nitrogens with zero attached hydrogens (tertiary/aromatic N) is 2. The van der Waals surface area contributed by atoms with Crippen LogP contribution in [0.15, 0.2) is 39.0 Å². The van der Waals surface area contributed by atoms with Gasteiger partial charge in [0.05, 0.1) is 0 Å². The summed E-state index contributed by atoms with van der Waals surface area (Å²) >= 11 is 5.11. The lowest BCUT2D eigenvalue weighted by Gasteiger charge is -1.98. The van der Waals surface area contributed by atoms with Crippen LogP contribution in [0, 0.1) is 0 Å². The van der Waals surface area contributed by atoms with E-state index in [1.165, 1.54) is 5.56 Å². The molecule has 0 amide bonds. The van der Waals surface area contributed by atoms with Crippen molar-refractivity contribution in [2.24, 2.45) is 0 Å². The molecule has 5 heteroatoms. The summed E-state index contributed by atoms with van der Waals surface area (Å²) < 4.78 is 2.11. The first-order valence-electron chi connectivity index (χ1n) is 4.92. The van der Waals surface area contributed by atoms with Crippen molar-refractivity contribution in [3.8, 4) is 0 Å². The van der Waals surface area contributed by atoms with Crippen LogP contribution in [-0.4, -0.2) is 22.2 Å². The topological polar surface area (TPSA) is 25.8 Å². The van der Waals surface area contributed by atoms with Crippen molar-refractivity contribution in [2.45, 2.75) is 15.1 Å². The first kappa shape index (κ1) is 12.0. The van der Waals surface area contributed by atoms with E-state index >= 15 is 0 Å². The zero-order valence-electron chi connectivity index (χ0n) is 8.92. The number of aromatic nitrogens is 2. The Hall–Kier alpha value is -0.520. The third-order valence-corrected chi connectivity index (χ3v) is 5.06. The monoisotopic (exact) mass is 268 g/mol. The Kier molecular flexibility index (Phi) is 4.69. The zero-order chi connectivity index (χ0) is 11.2. The molecule has 16 heavy (non-hydrogen) atoms. The molecule has 0 saturated heterocycles. The molecule has 1 aromatic heterocycles. The Labute approximate surface area is 108 Å². The van der Waals surface area contributed by atoms with Crippen molar-refractivity contribution >= 4 is 34.9 Å². The molecule has 0 aliphatic rings. The van der Waals surface area contributed by atoms with Gasteiger partial charge in [0, 0.05) is 5.75 Å². The van der Waals surface area contributed by atoms with E-state index in [1.54, 1.807) is 34.9 Å². The molecule has 1 heterocycles. The van der Waals surface area contributed by atoms with E-state index in [0.717, 1.165) is 20.9 Å². The summed E-state index contributed by atoms with van der Waals surface area (Å²) in [5.41, 5.74) is 1.38. The van der Waals surface area contributed by atoms with Crippen molar-refractivity contribution in [1.29, 1.82) is 0 Å². The van der Waals surface area contributed by atoms with Crippen LogP contribution < -0.4 is 0 Å². The highest BCUT2D eigenvalue weighted by atomic mass is 32.2. The maximum Gasteiger partial charge on any atom is 0.175 e. The van der Waals surface area contributed by atoms with Gasteiger partial charge in [-0.15, -0.1) is 10.2 Å². The highest BCUT2D eigenvalue weighted by Crippen LogP contribution is 2.27. The van der Waals surface area contributed by atoms with E-state index in [4.69, 9.17) is 0 Å². The molecule has 0 N–H and O–H groups in total. The van der Waals surface area contributed by atoms with Gasteiger partial charge in [-0.3, -0.25) is 0 Å². The molecule has 0 radical (unpaired) electrons. The Morgan fingerprint density at radius 2 is 1.88 bits per heavy atom. The van der Waals surface area contributed by atoms with E-state index < -0.39 is 0 Å². The molecule has 0 spiro atoms. The van der Waals surface area contributed by atoms with Crippen LogP contribution in [0.5, 0.6) is 0 Å². The van der Waals surface area contributed by atoms with Gasteiger partial charge in [0.25, 0.3) is 0 Å².